The number of benzene rings is 1. The Hall–Kier alpha value is -3.12. The summed E-state index contributed by atoms with van der Waals surface area (Å²) in [6.45, 7) is 6.77. The summed E-state index contributed by atoms with van der Waals surface area (Å²) in [5.41, 5.74) is -0.570. The van der Waals surface area contributed by atoms with Gasteiger partial charge in [0, 0.05) is 33.4 Å². The van der Waals surface area contributed by atoms with Crippen LogP contribution in [0.3, 0.4) is 0 Å². The smallest absolute Gasteiger partial charge is 0.409 e. The Morgan fingerprint density at radius 1 is 1.26 bits per heavy atom. The largest absolute Gasteiger partial charge is 0.495 e. The third kappa shape index (κ3) is 6.44. The first-order valence-electron chi connectivity index (χ1n) is 13.8. The Morgan fingerprint density at radius 2 is 1.98 bits per heavy atom. The van der Waals surface area contributed by atoms with Crippen LogP contribution in [0.25, 0.3) is 0 Å². The van der Waals surface area contributed by atoms with Gasteiger partial charge >= 0.3 is 12.1 Å². The summed E-state index contributed by atoms with van der Waals surface area (Å²) in [4.78, 5) is 39.7. The minimum atomic E-state index is -1.76. The highest BCUT2D eigenvalue weighted by Crippen LogP contribution is 2.49. The minimum absolute atomic E-state index is 0.00538. The second-order valence-corrected chi connectivity index (χ2v) is 11.8. The lowest BCUT2D eigenvalue weighted by molar-refractivity contribution is -0.151. The van der Waals surface area contributed by atoms with Crippen molar-refractivity contribution in [1.29, 1.82) is 0 Å². The molecule has 0 spiro atoms. The first kappa shape index (κ1) is 31.8. The van der Waals surface area contributed by atoms with E-state index in [1.165, 1.54) is 26.0 Å². The number of hydrogen-bond acceptors (Lipinski definition) is 9. The van der Waals surface area contributed by atoms with Gasteiger partial charge in [-0.05, 0) is 38.0 Å². The number of nitrogens with one attached hydrogen (secondary N) is 1. The molecule has 0 aromatic heterocycles. The van der Waals surface area contributed by atoms with Crippen LogP contribution in [0.4, 0.5) is 10.5 Å². The van der Waals surface area contributed by atoms with Crippen LogP contribution in [-0.4, -0.2) is 80.1 Å². The van der Waals surface area contributed by atoms with Crippen molar-refractivity contribution < 1.29 is 43.2 Å². The predicted octanol–water partition coefficient (Wildman–Crippen LogP) is 3.69. The van der Waals surface area contributed by atoms with Gasteiger partial charge < -0.3 is 33.7 Å². The Kier molecular flexibility index (Phi) is 9.27. The molecule has 0 aliphatic carbocycles. The second kappa shape index (κ2) is 12.2. The number of halogens is 1. The molecule has 7 atom stereocenters. The Bertz CT molecular complexity index is 1300. The number of fused-ring (bicyclic) bond motifs is 5. The van der Waals surface area contributed by atoms with Gasteiger partial charge in [0.2, 0.25) is 5.91 Å². The third-order valence-electron chi connectivity index (χ3n) is 8.26. The normalized spacial score (nSPS) is 35.6. The molecule has 0 saturated carbocycles. The molecule has 3 heterocycles. The Balaban J connectivity index is 1.79. The molecule has 11 nitrogen and oxygen atoms in total. The molecule has 12 heteroatoms. The highest BCUT2D eigenvalue weighted by atomic mass is 35.5. The summed E-state index contributed by atoms with van der Waals surface area (Å²) >= 11 is 6.64. The van der Waals surface area contributed by atoms with Gasteiger partial charge in [-0.2, -0.15) is 0 Å². The van der Waals surface area contributed by atoms with Gasteiger partial charge in [0.05, 0.1) is 25.3 Å². The summed E-state index contributed by atoms with van der Waals surface area (Å²) in [5.74, 6) is -0.951. The van der Waals surface area contributed by atoms with Crippen LogP contribution < -0.4 is 15.0 Å². The van der Waals surface area contributed by atoms with Gasteiger partial charge in [0.25, 0.3) is 0 Å². The van der Waals surface area contributed by atoms with E-state index in [0.717, 1.165) is 11.1 Å². The van der Waals surface area contributed by atoms with Crippen molar-refractivity contribution in [3.63, 3.8) is 0 Å². The van der Waals surface area contributed by atoms with E-state index in [0.29, 0.717) is 17.9 Å². The molecule has 0 unspecified atom stereocenters. The molecular weight excluding hydrogens is 568 g/mol. The van der Waals surface area contributed by atoms with Crippen molar-refractivity contribution in [2.75, 3.05) is 26.2 Å². The molecule has 3 aliphatic rings. The maximum absolute atomic E-state index is 13.6. The SMILES string of the molecule is COc1cc2cc(c1Cl)N(C)C(=O)C[C@H](OC(C)=O)[C@]1(C)O[C@@H]1[C@H](C)[C@@H]1C[C@@](O)(NC(=O)O1)[C@H](OC)/C=C/C=C(\C)C2. The number of alkyl carbamates (subject to hydrolysis) is 1. The number of hydrogen-bond donors (Lipinski definition) is 2. The number of amides is 2. The summed E-state index contributed by atoms with van der Waals surface area (Å²) in [7, 11) is 4.54. The number of ether oxygens (including phenoxy) is 5. The van der Waals surface area contributed by atoms with E-state index in [4.69, 9.17) is 35.3 Å². The molecule has 4 bridgehead atoms. The fourth-order valence-electron chi connectivity index (χ4n) is 5.81. The second-order valence-electron chi connectivity index (χ2n) is 11.4. The number of carbonyl (C=O) groups excluding carboxylic acids is 3. The van der Waals surface area contributed by atoms with E-state index >= 15 is 0 Å². The number of rotatable bonds is 3. The topological polar surface area (TPSA) is 136 Å². The number of aliphatic hydroxyl groups is 1. The van der Waals surface area contributed by atoms with Gasteiger partial charge in [-0.1, -0.05) is 42.3 Å². The summed E-state index contributed by atoms with van der Waals surface area (Å²) < 4.78 is 28.4. The van der Waals surface area contributed by atoms with E-state index in [1.807, 2.05) is 26.0 Å². The first-order chi connectivity index (χ1) is 19.7. The maximum Gasteiger partial charge on any atom is 0.409 e. The van der Waals surface area contributed by atoms with Gasteiger partial charge in [-0.15, -0.1) is 0 Å². The molecule has 2 amide bonds. The Labute approximate surface area is 250 Å². The number of epoxide rings is 1. The molecule has 4 rings (SSSR count). The minimum Gasteiger partial charge on any atom is -0.495 e. The van der Waals surface area contributed by atoms with E-state index in [-0.39, 0.29) is 23.8 Å². The monoisotopic (exact) mass is 606 g/mol. The molecule has 2 saturated heterocycles. The van der Waals surface area contributed by atoms with Crippen molar-refractivity contribution in [1.82, 2.24) is 5.32 Å². The zero-order valence-electron chi connectivity index (χ0n) is 24.9. The molecule has 2 fully saturated rings. The number of methoxy groups -OCH3 is 2. The average Bonchev–Trinajstić information content (AvgIpc) is 3.61. The van der Waals surface area contributed by atoms with Crippen molar-refractivity contribution >= 4 is 35.3 Å². The molecule has 1 aromatic rings. The van der Waals surface area contributed by atoms with Crippen molar-refractivity contribution in [2.45, 2.75) is 82.7 Å². The van der Waals surface area contributed by atoms with Crippen LogP contribution in [0.5, 0.6) is 5.75 Å². The van der Waals surface area contributed by atoms with Gasteiger partial charge in [0.15, 0.2) is 5.72 Å². The van der Waals surface area contributed by atoms with E-state index in [9.17, 15) is 19.5 Å². The fourth-order valence-corrected chi connectivity index (χ4v) is 6.12. The summed E-state index contributed by atoms with van der Waals surface area (Å²) in [6.07, 6.45) is 1.67. The highest BCUT2D eigenvalue weighted by molar-refractivity contribution is 6.35. The Morgan fingerprint density at radius 3 is 2.62 bits per heavy atom. The summed E-state index contributed by atoms with van der Waals surface area (Å²) in [5, 5.41) is 14.3. The van der Waals surface area contributed by atoms with Crippen LogP contribution in [0.15, 0.2) is 35.9 Å². The average molecular weight is 607 g/mol. The van der Waals surface area contributed by atoms with Crippen LogP contribution in [-0.2, 0) is 35.0 Å². The summed E-state index contributed by atoms with van der Waals surface area (Å²) in [6, 6.07) is 3.62. The molecular formula is C30H39ClN2O9. The van der Waals surface area contributed by atoms with E-state index in [1.54, 1.807) is 32.2 Å². The third-order valence-corrected chi connectivity index (χ3v) is 8.64. The predicted molar refractivity (Wildman–Crippen MR) is 154 cm³/mol. The maximum atomic E-state index is 13.6. The van der Waals surface area contributed by atoms with Crippen LogP contribution >= 0.6 is 11.6 Å². The fraction of sp³-hybridized carbons (Fsp3) is 0.567. The van der Waals surface area contributed by atoms with Crippen LogP contribution in [0.2, 0.25) is 5.02 Å². The number of anilines is 1. The molecule has 0 radical (unpaired) electrons. The lowest BCUT2D eigenvalue weighted by Crippen LogP contribution is -2.63. The van der Waals surface area contributed by atoms with E-state index in [2.05, 4.69) is 5.32 Å². The lowest BCUT2D eigenvalue weighted by Gasteiger charge is -2.42. The quantitative estimate of drug-likeness (QED) is 0.390. The van der Waals surface area contributed by atoms with Crippen molar-refractivity contribution in [2.24, 2.45) is 5.92 Å². The van der Waals surface area contributed by atoms with Gasteiger partial charge in [-0.3, -0.25) is 14.9 Å². The molecule has 3 aliphatic heterocycles. The molecule has 2 N–H and O–H groups in total. The first-order valence-corrected chi connectivity index (χ1v) is 14.2. The molecule has 1 aromatic carbocycles. The highest BCUT2D eigenvalue weighted by Gasteiger charge is 2.64. The zero-order valence-corrected chi connectivity index (χ0v) is 25.7. The molecule has 230 valence electrons. The number of carbonyl (C=O) groups is 3. The van der Waals surface area contributed by atoms with Crippen LogP contribution in [0.1, 0.15) is 46.1 Å². The van der Waals surface area contributed by atoms with Gasteiger partial charge in [-0.25, -0.2) is 4.79 Å². The zero-order chi connectivity index (χ0) is 31.0. The molecule has 42 heavy (non-hydrogen) atoms. The van der Waals surface area contributed by atoms with Crippen LogP contribution in [0, 0.1) is 5.92 Å². The lowest BCUT2D eigenvalue weighted by atomic mass is 9.83. The number of esters is 1. The van der Waals surface area contributed by atoms with Crippen molar-refractivity contribution in [3.05, 3.63) is 46.5 Å². The van der Waals surface area contributed by atoms with Crippen molar-refractivity contribution in [3.8, 4) is 5.75 Å². The number of allylic oxidation sites excluding steroid dienone is 3. The van der Waals surface area contributed by atoms with E-state index < -0.39 is 53.7 Å². The van der Waals surface area contributed by atoms with Gasteiger partial charge in [0.1, 0.15) is 34.7 Å². The number of nitrogens with zero attached hydrogens (tertiary/aromatic N) is 1. The standard InChI is InChI=1S/C30H39ClN2O9/c1-16-9-8-10-23(39-7)30(37)15-22(41-28(36)32-30)17(2)27-29(4,42-27)24(40-18(3)34)14-25(35)33(5)20-12-19(11-16)13-21(38-6)26(20)31/h8-10,12-13,17,22-24,27,37H,11,14-15H2,1-7H3,(H,32,36)/b10-8+,16-9+/t17-,22+,23-,24+,27-,29+,30+/m1/s1.